The molecule has 5 nitrogen and oxygen atoms in total. The van der Waals surface area contributed by atoms with E-state index < -0.39 is 11.4 Å². The van der Waals surface area contributed by atoms with Crippen molar-refractivity contribution in [2.45, 2.75) is 32.2 Å². The van der Waals surface area contributed by atoms with Crippen LogP contribution in [0.5, 0.6) is 0 Å². The number of amides is 1. The van der Waals surface area contributed by atoms with Crippen LogP contribution in [0.3, 0.4) is 0 Å². The number of likely N-dealkylation sites (tertiary alicyclic amines) is 2. The molecule has 2 atom stereocenters. The summed E-state index contributed by atoms with van der Waals surface area (Å²) in [4.78, 5) is 28.7. The summed E-state index contributed by atoms with van der Waals surface area (Å²) < 4.78 is 13.4. The van der Waals surface area contributed by atoms with Crippen LogP contribution >= 0.6 is 0 Å². The SMILES string of the molecule is O=C(C1CCCC1)N1C[C@H]2CN(Cc3cccc(F)c3)C[C@@]2(C(=O)O)C1. The van der Waals surface area contributed by atoms with E-state index in [0.29, 0.717) is 32.7 Å². The second kappa shape index (κ2) is 6.65. The molecular formula is C20H25FN2O3. The van der Waals surface area contributed by atoms with E-state index in [1.807, 2.05) is 6.07 Å². The van der Waals surface area contributed by atoms with Crippen molar-refractivity contribution in [1.29, 1.82) is 0 Å². The lowest BCUT2D eigenvalue weighted by Gasteiger charge is -2.27. The summed E-state index contributed by atoms with van der Waals surface area (Å²) in [5, 5.41) is 9.94. The fourth-order valence-electron chi connectivity index (χ4n) is 5.08. The van der Waals surface area contributed by atoms with Crippen LogP contribution in [-0.2, 0) is 16.1 Å². The van der Waals surface area contributed by atoms with Gasteiger partial charge in [0.05, 0.1) is 0 Å². The normalized spacial score (nSPS) is 29.3. The van der Waals surface area contributed by atoms with E-state index in [2.05, 4.69) is 4.90 Å². The molecular weight excluding hydrogens is 335 g/mol. The number of benzene rings is 1. The highest BCUT2D eigenvalue weighted by Gasteiger charge is 2.58. The molecule has 2 saturated heterocycles. The van der Waals surface area contributed by atoms with Gasteiger partial charge in [-0.3, -0.25) is 14.5 Å². The molecule has 6 heteroatoms. The average molecular weight is 360 g/mol. The Morgan fingerprint density at radius 1 is 1.19 bits per heavy atom. The van der Waals surface area contributed by atoms with Gasteiger partial charge in [-0.25, -0.2) is 4.39 Å². The third-order valence-electron chi connectivity index (χ3n) is 6.42. The average Bonchev–Trinajstić information content (AvgIpc) is 3.28. The van der Waals surface area contributed by atoms with Crippen LogP contribution in [-0.4, -0.2) is 53.0 Å². The molecule has 0 bridgehead atoms. The van der Waals surface area contributed by atoms with Crippen LogP contribution < -0.4 is 0 Å². The van der Waals surface area contributed by atoms with Gasteiger partial charge in [-0.1, -0.05) is 25.0 Å². The number of carbonyl (C=O) groups excluding carboxylic acids is 1. The van der Waals surface area contributed by atoms with Gasteiger partial charge in [0.1, 0.15) is 11.2 Å². The first-order valence-corrected chi connectivity index (χ1v) is 9.47. The molecule has 1 aromatic rings. The lowest BCUT2D eigenvalue weighted by Crippen LogP contribution is -2.42. The molecule has 3 aliphatic rings. The minimum Gasteiger partial charge on any atom is -0.481 e. The zero-order chi connectivity index (χ0) is 18.3. The smallest absolute Gasteiger partial charge is 0.313 e. The Kier molecular flexibility index (Phi) is 4.47. The monoisotopic (exact) mass is 360 g/mol. The van der Waals surface area contributed by atoms with Gasteiger partial charge in [0, 0.05) is 44.6 Å². The minimum absolute atomic E-state index is 0.0566. The lowest BCUT2D eigenvalue weighted by atomic mass is 9.81. The van der Waals surface area contributed by atoms with E-state index in [1.54, 1.807) is 11.0 Å². The maximum atomic E-state index is 13.4. The summed E-state index contributed by atoms with van der Waals surface area (Å²) >= 11 is 0. The van der Waals surface area contributed by atoms with Crippen LogP contribution in [0, 0.1) is 23.1 Å². The van der Waals surface area contributed by atoms with Crippen LogP contribution in [0.4, 0.5) is 4.39 Å². The minimum atomic E-state index is -0.887. The van der Waals surface area contributed by atoms with Crippen LogP contribution in [0.25, 0.3) is 0 Å². The highest BCUT2D eigenvalue weighted by molar-refractivity contribution is 5.83. The Labute approximate surface area is 152 Å². The van der Waals surface area contributed by atoms with Gasteiger partial charge in [0.2, 0.25) is 5.91 Å². The van der Waals surface area contributed by atoms with Crippen LogP contribution in [0.1, 0.15) is 31.2 Å². The van der Waals surface area contributed by atoms with E-state index in [4.69, 9.17) is 0 Å². The number of hydrogen-bond acceptors (Lipinski definition) is 3. The first kappa shape index (κ1) is 17.5. The number of halogens is 1. The Hall–Kier alpha value is -1.95. The number of carbonyl (C=O) groups is 2. The van der Waals surface area contributed by atoms with Crippen molar-refractivity contribution in [3.63, 3.8) is 0 Å². The highest BCUT2D eigenvalue weighted by Crippen LogP contribution is 2.44. The van der Waals surface area contributed by atoms with E-state index >= 15 is 0 Å². The largest absolute Gasteiger partial charge is 0.481 e. The van der Waals surface area contributed by atoms with E-state index in [1.165, 1.54) is 12.1 Å². The van der Waals surface area contributed by atoms with Gasteiger partial charge in [-0.15, -0.1) is 0 Å². The molecule has 26 heavy (non-hydrogen) atoms. The summed E-state index contributed by atoms with van der Waals surface area (Å²) in [5.74, 6) is -0.912. The fourth-order valence-corrected chi connectivity index (χ4v) is 5.08. The van der Waals surface area contributed by atoms with Crippen molar-refractivity contribution in [3.8, 4) is 0 Å². The van der Waals surface area contributed by atoms with Gasteiger partial charge in [-0.05, 0) is 30.5 Å². The zero-order valence-corrected chi connectivity index (χ0v) is 14.9. The topological polar surface area (TPSA) is 60.9 Å². The predicted octanol–water partition coefficient (Wildman–Crippen LogP) is 2.36. The third kappa shape index (κ3) is 3.00. The number of nitrogens with zero attached hydrogens (tertiary/aromatic N) is 2. The van der Waals surface area contributed by atoms with E-state index in [-0.39, 0.29) is 23.6 Å². The van der Waals surface area contributed by atoms with Gasteiger partial charge in [0.25, 0.3) is 0 Å². The molecule has 0 aromatic heterocycles. The van der Waals surface area contributed by atoms with Crippen molar-refractivity contribution in [2.24, 2.45) is 17.3 Å². The van der Waals surface area contributed by atoms with Crippen LogP contribution in [0.15, 0.2) is 24.3 Å². The second-order valence-electron chi connectivity index (χ2n) is 8.16. The Morgan fingerprint density at radius 3 is 2.62 bits per heavy atom. The van der Waals surface area contributed by atoms with Crippen LogP contribution in [0.2, 0.25) is 0 Å². The maximum absolute atomic E-state index is 13.4. The molecule has 140 valence electrons. The molecule has 3 fully saturated rings. The second-order valence-corrected chi connectivity index (χ2v) is 8.16. The summed E-state index contributed by atoms with van der Waals surface area (Å²) in [6.45, 7) is 2.43. The van der Waals surface area contributed by atoms with Crippen molar-refractivity contribution < 1.29 is 19.1 Å². The standard InChI is InChI=1S/C20H25FN2O3/c21-17-7-3-4-14(8-17)9-22-10-16-11-23(13-20(16,12-22)19(25)26)18(24)15-5-1-2-6-15/h3-4,7-8,15-16H,1-2,5-6,9-13H2,(H,25,26)/t16-,20-/m1/s1. The molecule has 1 amide bonds. The van der Waals surface area contributed by atoms with Gasteiger partial charge in [-0.2, -0.15) is 0 Å². The highest BCUT2D eigenvalue weighted by atomic mass is 19.1. The Bertz CT molecular complexity index is 719. The quantitative estimate of drug-likeness (QED) is 0.895. The number of fused-ring (bicyclic) bond motifs is 1. The Morgan fingerprint density at radius 2 is 1.96 bits per heavy atom. The summed E-state index contributed by atoms with van der Waals surface area (Å²) in [6.07, 6.45) is 4.07. The number of rotatable bonds is 4. The number of aliphatic carboxylic acids is 1. The van der Waals surface area contributed by atoms with Gasteiger partial charge >= 0.3 is 5.97 Å². The number of carboxylic acids is 1. The van der Waals surface area contributed by atoms with E-state index in [9.17, 15) is 19.1 Å². The molecule has 0 radical (unpaired) electrons. The molecule has 1 N–H and O–H groups in total. The zero-order valence-electron chi connectivity index (χ0n) is 14.9. The first-order valence-electron chi connectivity index (χ1n) is 9.47. The third-order valence-corrected chi connectivity index (χ3v) is 6.42. The lowest BCUT2D eigenvalue weighted by molar-refractivity contribution is -0.149. The molecule has 1 saturated carbocycles. The molecule has 1 aromatic carbocycles. The fraction of sp³-hybridized carbons (Fsp3) is 0.600. The predicted molar refractivity (Wildman–Crippen MR) is 93.8 cm³/mol. The summed E-state index contributed by atoms with van der Waals surface area (Å²) in [7, 11) is 0. The molecule has 0 unspecified atom stereocenters. The van der Waals surface area contributed by atoms with E-state index in [0.717, 1.165) is 31.2 Å². The molecule has 0 spiro atoms. The molecule has 2 heterocycles. The molecule has 1 aliphatic carbocycles. The maximum Gasteiger partial charge on any atom is 0.313 e. The Balaban J connectivity index is 1.46. The first-order chi connectivity index (χ1) is 12.5. The van der Waals surface area contributed by atoms with Crippen molar-refractivity contribution in [1.82, 2.24) is 9.80 Å². The molecule has 4 rings (SSSR count). The number of hydrogen-bond donors (Lipinski definition) is 1. The number of carboxylic acid groups (broad SMARTS) is 1. The van der Waals surface area contributed by atoms with Gasteiger partial charge in [0.15, 0.2) is 0 Å². The van der Waals surface area contributed by atoms with Crippen molar-refractivity contribution in [2.75, 3.05) is 26.2 Å². The molecule has 2 aliphatic heterocycles. The van der Waals surface area contributed by atoms with Gasteiger partial charge < -0.3 is 10.0 Å². The van der Waals surface area contributed by atoms with Crippen molar-refractivity contribution >= 4 is 11.9 Å². The van der Waals surface area contributed by atoms with Crippen molar-refractivity contribution in [3.05, 3.63) is 35.6 Å². The summed E-state index contributed by atoms with van der Waals surface area (Å²) in [5.41, 5.74) is -0.0360. The summed E-state index contributed by atoms with van der Waals surface area (Å²) in [6, 6.07) is 6.45.